The highest BCUT2D eigenvalue weighted by Crippen LogP contribution is 2.22. The molecule has 0 saturated carbocycles. The fraction of sp³-hybridized carbons (Fsp3) is 0.200. The van der Waals surface area contributed by atoms with Crippen LogP contribution in [0.15, 0.2) is 36.8 Å². The van der Waals surface area contributed by atoms with Crippen LogP contribution in [0.2, 0.25) is 0 Å². The highest BCUT2D eigenvalue weighted by molar-refractivity contribution is 5.92. The molecule has 0 bridgehead atoms. The lowest BCUT2D eigenvalue weighted by Crippen LogP contribution is -2.05. The van der Waals surface area contributed by atoms with Crippen LogP contribution in [-0.4, -0.2) is 32.3 Å². The third kappa shape index (κ3) is 2.60. The molecule has 0 aliphatic rings. The normalized spacial score (nSPS) is 10.6. The molecule has 1 aromatic carbocycles. The molecule has 0 amide bonds. The molecule has 1 N–H and O–H groups in total. The molecular weight excluding hydrogens is 282 g/mol. The van der Waals surface area contributed by atoms with Gasteiger partial charge in [-0.25, -0.2) is 14.8 Å². The van der Waals surface area contributed by atoms with E-state index in [1.165, 1.54) is 6.33 Å². The number of nitrogens with zero attached hydrogens (tertiary/aromatic N) is 4. The Morgan fingerprint density at radius 1 is 1.36 bits per heavy atom. The van der Waals surface area contributed by atoms with Crippen LogP contribution in [0.5, 0.6) is 0 Å². The number of fused-ring (bicyclic) bond motifs is 1. The van der Waals surface area contributed by atoms with Gasteiger partial charge in [0.2, 0.25) is 0 Å². The summed E-state index contributed by atoms with van der Waals surface area (Å²) in [6.45, 7) is 2.12. The van der Waals surface area contributed by atoms with Gasteiger partial charge in [0, 0.05) is 12.7 Å². The summed E-state index contributed by atoms with van der Waals surface area (Å²) >= 11 is 0. The van der Waals surface area contributed by atoms with E-state index in [2.05, 4.69) is 20.4 Å². The minimum atomic E-state index is -0.347. The van der Waals surface area contributed by atoms with Crippen LogP contribution < -0.4 is 5.32 Å². The molecule has 7 nitrogen and oxygen atoms in total. The molecule has 0 radical (unpaired) electrons. The van der Waals surface area contributed by atoms with E-state index in [-0.39, 0.29) is 5.97 Å². The molecular formula is C15H15N5O2. The van der Waals surface area contributed by atoms with E-state index in [0.717, 1.165) is 16.7 Å². The van der Waals surface area contributed by atoms with Gasteiger partial charge in [-0.05, 0) is 25.1 Å². The Kier molecular flexibility index (Phi) is 3.69. The first-order chi connectivity index (χ1) is 10.7. The first kappa shape index (κ1) is 14.0. The zero-order chi connectivity index (χ0) is 15.5. The summed E-state index contributed by atoms with van der Waals surface area (Å²) in [5, 5.41) is 8.17. The van der Waals surface area contributed by atoms with Crippen molar-refractivity contribution in [1.82, 2.24) is 19.7 Å². The highest BCUT2D eigenvalue weighted by Gasteiger charge is 2.10. The van der Waals surface area contributed by atoms with Crippen molar-refractivity contribution in [2.24, 2.45) is 7.05 Å². The van der Waals surface area contributed by atoms with Crippen LogP contribution in [0.1, 0.15) is 17.3 Å². The van der Waals surface area contributed by atoms with E-state index in [9.17, 15) is 4.79 Å². The van der Waals surface area contributed by atoms with Gasteiger partial charge in [-0.3, -0.25) is 4.68 Å². The second-order valence-corrected chi connectivity index (χ2v) is 4.65. The summed E-state index contributed by atoms with van der Waals surface area (Å²) in [6, 6.07) is 7.08. The summed E-state index contributed by atoms with van der Waals surface area (Å²) in [5.41, 5.74) is 1.97. The lowest BCUT2D eigenvalue weighted by molar-refractivity contribution is 0.0526. The molecule has 3 aromatic rings. The minimum absolute atomic E-state index is 0.346. The molecule has 0 spiro atoms. The molecule has 0 aliphatic heterocycles. The number of carbonyl (C=O) groups is 1. The first-order valence-electron chi connectivity index (χ1n) is 6.86. The SMILES string of the molecule is CCOC(=O)c1cccc(Nc2ncnc3c2cnn3C)c1. The average Bonchev–Trinajstić information content (AvgIpc) is 2.91. The maximum absolute atomic E-state index is 11.8. The second kappa shape index (κ2) is 5.80. The highest BCUT2D eigenvalue weighted by atomic mass is 16.5. The van der Waals surface area contributed by atoms with Gasteiger partial charge in [0.25, 0.3) is 0 Å². The van der Waals surface area contributed by atoms with E-state index in [1.807, 2.05) is 13.1 Å². The zero-order valence-corrected chi connectivity index (χ0v) is 12.3. The van der Waals surface area contributed by atoms with E-state index in [4.69, 9.17) is 4.74 Å². The van der Waals surface area contributed by atoms with Crippen LogP contribution >= 0.6 is 0 Å². The van der Waals surface area contributed by atoms with Crippen molar-refractivity contribution >= 4 is 28.5 Å². The third-order valence-corrected chi connectivity index (χ3v) is 3.17. The zero-order valence-electron chi connectivity index (χ0n) is 12.3. The van der Waals surface area contributed by atoms with Crippen molar-refractivity contribution in [3.63, 3.8) is 0 Å². The number of nitrogens with one attached hydrogen (secondary N) is 1. The number of hydrogen-bond acceptors (Lipinski definition) is 6. The number of hydrogen-bond donors (Lipinski definition) is 1. The molecule has 2 aromatic heterocycles. The largest absolute Gasteiger partial charge is 0.462 e. The lowest BCUT2D eigenvalue weighted by atomic mass is 10.2. The molecule has 22 heavy (non-hydrogen) atoms. The van der Waals surface area contributed by atoms with Gasteiger partial charge in [0.1, 0.15) is 12.1 Å². The molecule has 0 unspecified atom stereocenters. The van der Waals surface area contributed by atoms with E-state index in [1.54, 1.807) is 36.0 Å². The van der Waals surface area contributed by atoms with Gasteiger partial charge in [-0.2, -0.15) is 5.10 Å². The van der Waals surface area contributed by atoms with E-state index >= 15 is 0 Å². The second-order valence-electron chi connectivity index (χ2n) is 4.65. The van der Waals surface area contributed by atoms with Crippen LogP contribution in [0.25, 0.3) is 11.0 Å². The maximum atomic E-state index is 11.8. The maximum Gasteiger partial charge on any atom is 0.338 e. The Balaban J connectivity index is 1.92. The Labute approximate surface area is 127 Å². The number of esters is 1. The summed E-state index contributed by atoms with van der Waals surface area (Å²) in [5.74, 6) is 0.291. The molecule has 0 atom stereocenters. The number of ether oxygens (including phenoxy) is 1. The molecule has 112 valence electrons. The van der Waals surface area contributed by atoms with Gasteiger partial charge in [0.05, 0.1) is 23.8 Å². The lowest BCUT2D eigenvalue weighted by Gasteiger charge is -2.08. The van der Waals surface area contributed by atoms with Crippen LogP contribution in [0.3, 0.4) is 0 Å². The van der Waals surface area contributed by atoms with Crippen molar-refractivity contribution in [2.45, 2.75) is 6.92 Å². The Morgan fingerprint density at radius 3 is 3.05 bits per heavy atom. The number of carbonyl (C=O) groups excluding carboxylic acids is 1. The molecule has 0 fully saturated rings. The van der Waals surface area contributed by atoms with Crippen LogP contribution in [-0.2, 0) is 11.8 Å². The van der Waals surface area contributed by atoms with Gasteiger partial charge in [-0.1, -0.05) is 6.07 Å². The summed E-state index contributed by atoms with van der Waals surface area (Å²) in [6.07, 6.45) is 3.18. The van der Waals surface area contributed by atoms with E-state index < -0.39 is 0 Å². The fourth-order valence-corrected chi connectivity index (χ4v) is 2.14. The van der Waals surface area contributed by atoms with E-state index in [0.29, 0.717) is 18.0 Å². The third-order valence-electron chi connectivity index (χ3n) is 3.17. The minimum Gasteiger partial charge on any atom is -0.462 e. The predicted molar refractivity (Wildman–Crippen MR) is 82.0 cm³/mol. The summed E-state index contributed by atoms with van der Waals surface area (Å²) in [4.78, 5) is 20.2. The van der Waals surface area contributed by atoms with Crippen molar-refractivity contribution < 1.29 is 9.53 Å². The Morgan fingerprint density at radius 2 is 2.23 bits per heavy atom. The Bertz CT molecular complexity index is 828. The number of rotatable bonds is 4. The summed E-state index contributed by atoms with van der Waals surface area (Å²) < 4.78 is 6.68. The van der Waals surface area contributed by atoms with Crippen LogP contribution in [0, 0.1) is 0 Å². The van der Waals surface area contributed by atoms with Crippen molar-refractivity contribution in [1.29, 1.82) is 0 Å². The summed E-state index contributed by atoms with van der Waals surface area (Å²) in [7, 11) is 1.82. The average molecular weight is 297 g/mol. The first-order valence-corrected chi connectivity index (χ1v) is 6.86. The molecule has 7 heteroatoms. The van der Waals surface area contributed by atoms with Gasteiger partial charge in [-0.15, -0.1) is 0 Å². The number of aryl methyl sites for hydroxylation is 1. The number of aromatic nitrogens is 4. The van der Waals surface area contributed by atoms with Crippen LogP contribution in [0.4, 0.5) is 11.5 Å². The molecule has 0 aliphatic carbocycles. The monoisotopic (exact) mass is 297 g/mol. The quantitative estimate of drug-likeness (QED) is 0.744. The number of anilines is 2. The molecule has 0 saturated heterocycles. The Hall–Kier alpha value is -2.96. The standard InChI is InChI=1S/C15H15N5O2/c1-3-22-15(21)10-5-4-6-11(7-10)19-13-12-8-18-20(2)14(12)17-9-16-13/h4-9H,3H2,1-2H3,(H,16,17,19). The smallest absolute Gasteiger partial charge is 0.338 e. The van der Waals surface area contributed by atoms with Crippen molar-refractivity contribution in [3.8, 4) is 0 Å². The number of benzene rings is 1. The van der Waals surface area contributed by atoms with Gasteiger partial charge in [0.15, 0.2) is 5.65 Å². The van der Waals surface area contributed by atoms with Crippen molar-refractivity contribution in [3.05, 3.63) is 42.4 Å². The topological polar surface area (TPSA) is 81.9 Å². The van der Waals surface area contributed by atoms with Gasteiger partial charge >= 0.3 is 5.97 Å². The predicted octanol–water partition coefficient (Wildman–Crippen LogP) is 2.28. The van der Waals surface area contributed by atoms with Gasteiger partial charge < -0.3 is 10.1 Å². The fourth-order valence-electron chi connectivity index (χ4n) is 2.14. The van der Waals surface area contributed by atoms with Crippen molar-refractivity contribution in [2.75, 3.05) is 11.9 Å². The molecule has 3 rings (SSSR count). The molecule has 2 heterocycles.